The molecule has 0 fully saturated rings. The molecular formula is C21H13Br3Cl2N2O2. The minimum atomic E-state index is -0.309. The number of hydrogen-bond donors (Lipinski definition) is 1. The third kappa shape index (κ3) is 6.08. The zero-order valence-corrected chi connectivity index (χ0v) is 21.4. The number of nitrogens with zero attached hydrogens (tertiary/aromatic N) is 1. The fourth-order valence-electron chi connectivity index (χ4n) is 2.45. The summed E-state index contributed by atoms with van der Waals surface area (Å²) in [4.78, 5) is 12.2. The molecule has 1 amide bonds. The predicted molar refractivity (Wildman–Crippen MR) is 132 cm³/mol. The summed E-state index contributed by atoms with van der Waals surface area (Å²) < 4.78 is 8.05. The van der Waals surface area contributed by atoms with E-state index >= 15 is 0 Å². The van der Waals surface area contributed by atoms with Crippen LogP contribution in [0.5, 0.6) is 5.75 Å². The Labute approximate surface area is 209 Å². The second kappa shape index (κ2) is 10.8. The Hall–Kier alpha value is -1.38. The molecule has 0 radical (unpaired) electrons. The van der Waals surface area contributed by atoms with Crippen molar-refractivity contribution in [1.29, 1.82) is 0 Å². The molecule has 3 aromatic rings. The van der Waals surface area contributed by atoms with Crippen molar-refractivity contribution >= 4 is 83.1 Å². The second-order valence-corrected chi connectivity index (χ2v) is 9.42. The van der Waals surface area contributed by atoms with Gasteiger partial charge in [-0.05, 0) is 89.8 Å². The summed E-state index contributed by atoms with van der Waals surface area (Å²) >= 11 is 22.5. The zero-order chi connectivity index (χ0) is 21.7. The normalized spacial score (nSPS) is 11.0. The lowest BCUT2D eigenvalue weighted by atomic mass is 10.2. The molecular weight excluding hydrogens is 623 g/mol. The monoisotopic (exact) mass is 632 g/mol. The number of rotatable bonds is 6. The molecule has 1 N–H and O–H groups in total. The zero-order valence-electron chi connectivity index (χ0n) is 15.1. The molecule has 3 aromatic carbocycles. The highest BCUT2D eigenvalue weighted by atomic mass is 79.9. The Bertz CT molecular complexity index is 1100. The standard InChI is InChI=1S/C21H13Br3Cl2N2O2/c22-16-4-2-1-3-15(16)21(29)28-27-10-12-7-17(23)20(18(24)8-12)30-11-13-5-6-14(25)9-19(13)26/h1-10H,11H2,(H,28,29)/b27-10+. The molecule has 0 saturated carbocycles. The first-order valence-electron chi connectivity index (χ1n) is 8.49. The van der Waals surface area contributed by atoms with Crippen LogP contribution in [0.4, 0.5) is 0 Å². The number of hydrazone groups is 1. The van der Waals surface area contributed by atoms with Gasteiger partial charge in [0, 0.05) is 20.1 Å². The van der Waals surface area contributed by atoms with Crippen molar-refractivity contribution in [3.63, 3.8) is 0 Å². The molecule has 3 rings (SSSR count). The average Bonchev–Trinajstić information content (AvgIpc) is 2.69. The van der Waals surface area contributed by atoms with Gasteiger partial charge in [0.15, 0.2) is 0 Å². The molecule has 0 aromatic heterocycles. The van der Waals surface area contributed by atoms with E-state index in [-0.39, 0.29) is 12.5 Å². The highest BCUT2D eigenvalue weighted by Gasteiger charge is 2.11. The molecule has 9 heteroatoms. The lowest BCUT2D eigenvalue weighted by molar-refractivity contribution is 0.0954. The maximum absolute atomic E-state index is 12.2. The van der Waals surface area contributed by atoms with Crippen LogP contribution in [0.25, 0.3) is 0 Å². The SMILES string of the molecule is O=C(N/N=C/c1cc(Br)c(OCc2ccc(Cl)cc2Cl)c(Br)c1)c1ccccc1Br. The van der Waals surface area contributed by atoms with Crippen molar-refractivity contribution in [2.45, 2.75) is 6.61 Å². The van der Waals surface area contributed by atoms with Crippen molar-refractivity contribution in [1.82, 2.24) is 5.43 Å². The van der Waals surface area contributed by atoms with Gasteiger partial charge in [0.25, 0.3) is 5.91 Å². The first-order valence-corrected chi connectivity index (χ1v) is 11.6. The average molecular weight is 636 g/mol. The summed E-state index contributed by atoms with van der Waals surface area (Å²) in [5, 5.41) is 5.14. The van der Waals surface area contributed by atoms with Crippen LogP contribution in [-0.4, -0.2) is 12.1 Å². The van der Waals surface area contributed by atoms with E-state index in [1.165, 1.54) is 0 Å². The molecule has 30 heavy (non-hydrogen) atoms. The van der Waals surface area contributed by atoms with Gasteiger partial charge in [-0.25, -0.2) is 5.43 Å². The predicted octanol–water partition coefficient (Wildman–Crippen LogP) is 7.62. The van der Waals surface area contributed by atoms with E-state index in [0.29, 0.717) is 25.8 Å². The summed E-state index contributed by atoms with van der Waals surface area (Å²) in [5.74, 6) is 0.312. The maximum Gasteiger partial charge on any atom is 0.272 e. The lowest BCUT2D eigenvalue weighted by Gasteiger charge is -2.12. The van der Waals surface area contributed by atoms with Gasteiger partial charge in [0.1, 0.15) is 12.4 Å². The summed E-state index contributed by atoms with van der Waals surface area (Å²) in [5.41, 5.74) is 4.60. The third-order valence-corrected chi connectivity index (χ3v) is 6.36. The Kier molecular flexibility index (Phi) is 8.36. The molecule has 0 heterocycles. The van der Waals surface area contributed by atoms with E-state index in [9.17, 15) is 4.79 Å². The van der Waals surface area contributed by atoms with Crippen LogP contribution < -0.4 is 10.2 Å². The van der Waals surface area contributed by atoms with Crippen LogP contribution in [0.1, 0.15) is 21.5 Å². The van der Waals surface area contributed by atoms with E-state index in [4.69, 9.17) is 27.9 Å². The van der Waals surface area contributed by atoms with Gasteiger partial charge in [0.05, 0.1) is 20.7 Å². The van der Waals surface area contributed by atoms with Gasteiger partial charge in [-0.15, -0.1) is 0 Å². The van der Waals surface area contributed by atoms with Gasteiger partial charge in [-0.3, -0.25) is 4.79 Å². The van der Waals surface area contributed by atoms with Crippen molar-refractivity contribution in [3.8, 4) is 5.75 Å². The molecule has 0 unspecified atom stereocenters. The molecule has 0 bridgehead atoms. The minimum Gasteiger partial charge on any atom is -0.486 e. The molecule has 154 valence electrons. The minimum absolute atomic E-state index is 0.280. The summed E-state index contributed by atoms with van der Waals surface area (Å²) in [7, 11) is 0. The summed E-state index contributed by atoms with van der Waals surface area (Å²) in [6, 6.07) is 16.0. The molecule has 0 saturated heterocycles. The first-order chi connectivity index (χ1) is 14.3. The maximum atomic E-state index is 12.2. The Morgan fingerprint density at radius 2 is 1.70 bits per heavy atom. The Balaban J connectivity index is 1.67. The number of carbonyl (C=O) groups is 1. The van der Waals surface area contributed by atoms with E-state index in [1.54, 1.807) is 36.5 Å². The Morgan fingerprint density at radius 1 is 1.00 bits per heavy atom. The largest absolute Gasteiger partial charge is 0.486 e. The van der Waals surface area contributed by atoms with Crippen LogP contribution in [0, 0.1) is 0 Å². The number of benzene rings is 3. The van der Waals surface area contributed by atoms with Gasteiger partial charge in [0.2, 0.25) is 0 Å². The van der Waals surface area contributed by atoms with E-state index < -0.39 is 0 Å². The molecule has 0 aliphatic rings. The number of ether oxygens (including phenoxy) is 1. The van der Waals surface area contributed by atoms with Crippen LogP contribution in [0.2, 0.25) is 10.0 Å². The summed E-state index contributed by atoms with van der Waals surface area (Å²) in [6.07, 6.45) is 1.55. The van der Waals surface area contributed by atoms with Gasteiger partial charge in [-0.2, -0.15) is 5.10 Å². The smallest absolute Gasteiger partial charge is 0.272 e. The highest BCUT2D eigenvalue weighted by molar-refractivity contribution is 9.11. The number of halogens is 5. The highest BCUT2D eigenvalue weighted by Crippen LogP contribution is 2.35. The first kappa shape index (κ1) is 23.3. The number of amides is 1. The molecule has 0 spiro atoms. The fraction of sp³-hybridized carbons (Fsp3) is 0.0476. The molecule has 4 nitrogen and oxygen atoms in total. The van der Waals surface area contributed by atoms with Gasteiger partial charge in [-0.1, -0.05) is 41.4 Å². The number of carbonyl (C=O) groups excluding carboxylic acids is 1. The second-order valence-electron chi connectivity index (χ2n) is 6.02. The topological polar surface area (TPSA) is 50.7 Å². The van der Waals surface area contributed by atoms with Crippen molar-refractivity contribution in [2.24, 2.45) is 5.10 Å². The quantitative estimate of drug-likeness (QED) is 0.224. The van der Waals surface area contributed by atoms with Gasteiger partial charge < -0.3 is 4.74 Å². The number of hydrogen-bond acceptors (Lipinski definition) is 3. The fourth-order valence-corrected chi connectivity index (χ4v) is 4.83. The van der Waals surface area contributed by atoms with Crippen molar-refractivity contribution in [2.75, 3.05) is 0 Å². The van der Waals surface area contributed by atoms with Crippen LogP contribution in [0.3, 0.4) is 0 Å². The van der Waals surface area contributed by atoms with Crippen molar-refractivity contribution in [3.05, 3.63) is 94.8 Å². The molecule has 0 atom stereocenters. The van der Waals surface area contributed by atoms with Crippen LogP contribution in [0.15, 0.2) is 73.1 Å². The van der Waals surface area contributed by atoms with Crippen LogP contribution >= 0.6 is 71.0 Å². The lowest BCUT2D eigenvalue weighted by Crippen LogP contribution is -2.18. The Morgan fingerprint density at radius 3 is 2.37 bits per heavy atom. The van der Waals surface area contributed by atoms with E-state index in [1.807, 2.05) is 24.3 Å². The third-order valence-electron chi connectivity index (χ3n) is 3.91. The van der Waals surface area contributed by atoms with Gasteiger partial charge >= 0.3 is 0 Å². The molecule has 0 aliphatic heterocycles. The van der Waals surface area contributed by atoms with Crippen molar-refractivity contribution < 1.29 is 9.53 Å². The number of nitrogens with one attached hydrogen (secondary N) is 1. The van der Waals surface area contributed by atoms with Crippen LogP contribution in [-0.2, 0) is 6.61 Å². The molecule has 0 aliphatic carbocycles. The summed E-state index contributed by atoms with van der Waals surface area (Å²) in [6.45, 7) is 0.280. The van der Waals surface area contributed by atoms with E-state index in [0.717, 1.165) is 20.1 Å². The van der Waals surface area contributed by atoms with E-state index in [2.05, 4.69) is 58.3 Å².